The Labute approximate surface area is 170 Å². The normalized spacial score (nSPS) is 28.5. The number of carbonyl (C=O) groups excluding carboxylic acids is 1. The first-order valence-electron chi connectivity index (χ1n) is 10.3. The van der Waals surface area contributed by atoms with Gasteiger partial charge in [0.2, 0.25) is 6.23 Å². The minimum absolute atomic E-state index is 0.254. The van der Waals surface area contributed by atoms with Crippen LogP contribution < -0.4 is 5.32 Å². The molecular formula is C22H28N2O5. The molecule has 0 aliphatic carbocycles. The zero-order chi connectivity index (χ0) is 20.4. The second kappa shape index (κ2) is 8.57. The van der Waals surface area contributed by atoms with Crippen LogP contribution in [0.3, 0.4) is 0 Å². The summed E-state index contributed by atoms with van der Waals surface area (Å²) in [5.74, 6) is 0.712. The van der Waals surface area contributed by atoms with Crippen LogP contribution in [0.25, 0.3) is 5.76 Å². The second-order valence-electron chi connectivity index (χ2n) is 7.76. The Bertz CT molecular complexity index is 804. The van der Waals surface area contributed by atoms with Crippen molar-refractivity contribution in [3.8, 4) is 0 Å². The molecule has 7 heteroatoms. The molecule has 7 nitrogen and oxygen atoms in total. The van der Waals surface area contributed by atoms with E-state index in [2.05, 4.69) is 24.4 Å². The Kier molecular flexibility index (Phi) is 5.89. The van der Waals surface area contributed by atoms with E-state index in [9.17, 15) is 15.0 Å². The summed E-state index contributed by atoms with van der Waals surface area (Å²) in [5.41, 5.74) is 3.10. The molecule has 0 spiro atoms. The van der Waals surface area contributed by atoms with E-state index < -0.39 is 24.7 Å². The second-order valence-corrected chi connectivity index (χ2v) is 7.76. The lowest BCUT2D eigenvalue weighted by molar-refractivity contribution is -0.0556. The number of urea groups is 1. The van der Waals surface area contributed by atoms with Gasteiger partial charge < -0.3 is 19.7 Å². The number of aryl methyl sites for hydroxylation is 1. The van der Waals surface area contributed by atoms with Gasteiger partial charge in [-0.1, -0.05) is 44.0 Å². The summed E-state index contributed by atoms with van der Waals surface area (Å²) in [6, 6.07) is 7.99. The predicted molar refractivity (Wildman–Crippen MR) is 107 cm³/mol. The molecule has 1 fully saturated rings. The first-order chi connectivity index (χ1) is 14.1. The van der Waals surface area contributed by atoms with Crippen molar-refractivity contribution < 1.29 is 24.5 Å². The summed E-state index contributed by atoms with van der Waals surface area (Å²) in [7, 11) is 0. The summed E-state index contributed by atoms with van der Waals surface area (Å²) in [6.45, 7) is 1.92. The van der Waals surface area contributed by atoms with Gasteiger partial charge in [0.05, 0.1) is 12.7 Å². The van der Waals surface area contributed by atoms with Crippen molar-refractivity contribution >= 4 is 11.8 Å². The molecule has 0 saturated carbocycles. The smallest absolute Gasteiger partial charge is 0.326 e. The zero-order valence-electron chi connectivity index (χ0n) is 16.6. The van der Waals surface area contributed by atoms with Crippen molar-refractivity contribution in [2.45, 2.75) is 63.7 Å². The maximum Gasteiger partial charge on any atom is 0.326 e. The first-order valence-corrected chi connectivity index (χ1v) is 10.3. The third-order valence-corrected chi connectivity index (χ3v) is 5.62. The molecule has 2 amide bonds. The third-order valence-electron chi connectivity index (χ3n) is 5.62. The van der Waals surface area contributed by atoms with E-state index in [1.165, 1.54) is 29.7 Å². The standard InChI is InChI=1S/C22H28N2O5/c1-2-3-4-5-14-6-8-15(9-7-14)18-10-16-12-24(22(27)23-21(16)29-18)20-11-17(26)19(13-25)28-20/h6-10,12,17,19-21,25-26H,2-5,11,13H2,1H3,(H,23,27)/t17-,19+,20+,21?/m0/s1. The van der Waals surface area contributed by atoms with Gasteiger partial charge >= 0.3 is 6.03 Å². The number of ether oxygens (including phenoxy) is 2. The topological polar surface area (TPSA) is 91.3 Å². The Morgan fingerprint density at radius 2 is 2.03 bits per heavy atom. The van der Waals surface area contributed by atoms with Crippen molar-refractivity contribution in [2.75, 3.05) is 6.61 Å². The summed E-state index contributed by atoms with van der Waals surface area (Å²) in [6.07, 6.45) is 5.98. The summed E-state index contributed by atoms with van der Waals surface area (Å²) >= 11 is 0. The van der Waals surface area contributed by atoms with E-state index in [1.807, 2.05) is 18.2 Å². The average Bonchev–Trinajstić information content (AvgIpc) is 3.30. The van der Waals surface area contributed by atoms with Crippen LogP contribution in [-0.4, -0.2) is 52.4 Å². The number of carbonyl (C=O) groups is 1. The molecule has 29 heavy (non-hydrogen) atoms. The van der Waals surface area contributed by atoms with Crippen LogP contribution in [-0.2, 0) is 15.9 Å². The number of hydrogen-bond acceptors (Lipinski definition) is 5. The monoisotopic (exact) mass is 400 g/mol. The molecule has 1 aromatic rings. The zero-order valence-corrected chi connectivity index (χ0v) is 16.6. The van der Waals surface area contributed by atoms with Crippen LogP contribution in [0.4, 0.5) is 4.79 Å². The quantitative estimate of drug-likeness (QED) is 0.612. The fraction of sp³-hybridized carbons (Fsp3) is 0.500. The van der Waals surface area contributed by atoms with Gasteiger partial charge in [-0.25, -0.2) is 4.79 Å². The van der Waals surface area contributed by atoms with Gasteiger partial charge in [-0.3, -0.25) is 10.2 Å². The van der Waals surface area contributed by atoms with Crippen LogP contribution in [0.1, 0.15) is 43.7 Å². The number of nitrogens with one attached hydrogen (secondary N) is 1. The van der Waals surface area contributed by atoms with Crippen LogP contribution in [0.5, 0.6) is 0 Å². The maximum absolute atomic E-state index is 12.5. The molecule has 4 rings (SSSR count). The minimum Gasteiger partial charge on any atom is -0.466 e. The van der Waals surface area contributed by atoms with E-state index in [4.69, 9.17) is 9.47 Å². The van der Waals surface area contributed by atoms with Gasteiger partial charge in [0.25, 0.3) is 0 Å². The van der Waals surface area contributed by atoms with E-state index in [0.29, 0.717) is 5.76 Å². The molecular weight excluding hydrogens is 372 g/mol. The average molecular weight is 400 g/mol. The number of benzene rings is 1. The van der Waals surface area contributed by atoms with Crippen molar-refractivity contribution in [1.29, 1.82) is 0 Å². The predicted octanol–water partition coefficient (Wildman–Crippen LogP) is 2.49. The SMILES string of the molecule is CCCCCc1ccc(C2=CC3=CN([C@H]4C[C@H](O)[C@@H](CO)O4)C(=O)NC3O2)cc1. The molecule has 3 heterocycles. The Morgan fingerprint density at radius 3 is 2.72 bits per heavy atom. The third kappa shape index (κ3) is 4.17. The largest absolute Gasteiger partial charge is 0.466 e. The number of hydrogen-bond donors (Lipinski definition) is 3. The van der Waals surface area contributed by atoms with Gasteiger partial charge in [0.1, 0.15) is 18.1 Å². The molecule has 3 aliphatic rings. The molecule has 3 aliphatic heterocycles. The number of aliphatic hydroxyl groups excluding tert-OH is 2. The molecule has 1 saturated heterocycles. The van der Waals surface area contributed by atoms with Crippen LogP contribution >= 0.6 is 0 Å². The van der Waals surface area contributed by atoms with Gasteiger partial charge in [-0.05, 0) is 24.5 Å². The van der Waals surface area contributed by atoms with Crippen molar-refractivity contribution in [1.82, 2.24) is 10.2 Å². The van der Waals surface area contributed by atoms with Crippen LogP contribution in [0.2, 0.25) is 0 Å². The number of unbranched alkanes of at least 4 members (excludes halogenated alkanes) is 2. The number of nitrogens with zero attached hydrogens (tertiary/aromatic N) is 1. The number of aliphatic hydroxyl groups is 2. The highest BCUT2D eigenvalue weighted by molar-refractivity contribution is 5.80. The lowest BCUT2D eigenvalue weighted by Gasteiger charge is -2.31. The summed E-state index contributed by atoms with van der Waals surface area (Å²) < 4.78 is 11.5. The molecule has 156 valence electrons. The summed E-state index contributed by atoms with van der Waals surface area (Å²) in [4.78, 5) is 13.9. The van der Waals surface area contributed by atoms with E-state index >= 15 is 0 Å². The number of fused-ring (bicyclic) bond motifs is 1. The highest BCUT2D eigenvalue weighted by Crippen LogP contribution is 2.33. The van der Waals surface area contributed by atoms with Crippen molar-refractivity contribution in [3.63, 3.8) is 0 Å². The molecule has 4 atom stereocenters. The molecule has 0 bridgehead atoms. The van der Waals surface area contributed by atoms with Crippen molar-refractivity contribution in [2.24, 2.45) is 0 Å². The number of amides is 2. The lowest BCUT2D eigenvalue weighted by atomic mass is 10.0. The Morgan fingerprint density at radius 1 is 1.24 bits per heavy atom. The van der Waals surface area contributed by atoms with Crippen LogP contribution in [0, 0.1) is 0 Å². The van der Waals surface area contributed by atoms with Crippen molar-refractivity contribution in [3.05, 3.63) is 53.2 Å². The molecule has 3 N–H and O–H groups in total. The number of rotatable bonds is 7. The Balaban J connectivity index is 1.46. The first kappa shape index (κ1) is 19.9. The summed E-state index contributed by atoms with van der Waals surface area (Å²) in [5, 5.41) is 22.0. The fourth-order valence-corrected chi connectivity index (χ4v) is 3.91. The molecule has 1 unspecified atom stereocenters. The van der Waals surface area contributed by atoms with Gasteiger partial charge in [0, 0.05) is 23.8 Å². The fourth-order valence-electron chi connectivity index (χ4n) is 3.91. The Hall–Kier alpha value is -2.35. The molecule has 1 aromatic carbocycles. The minimum atomic E-state index is -0.796. The highest BCUT2D eigenvalue weighted by atomic mass is 16.5. The van der Waals surface area contributed by atoms with Gasteiger partial charge in [-0.15, -0.1) is 0 Å². The van der Waals surface area contributed by atoms with Gasteiger partial charge in [-0.2, -0.15) is 0 Å². The van der Waals surface area contributed by atoms with Crippen LogP contribution in [0.15, 0.2) is 42.1 Å². The molecule has 0 radical (unpaired) electrons. The van der Waals surface area contributed by atoms with Gasteiger partial charge in [0.15, 0.2) is 0 Å². The molecule has 0 aromatic heterocycles. The highest BCUT2D eigenvalue weighted by Gasteiger charge is 2.41. The van der Waals surface area contributed by atoms with E-state index in [0.717, 1.165) is 17.6 Å². The lowest BCUT2D eigenvalue weighted by Crippen LogP contribution is -2.51. The van der Waals surface area contributed by atoms with E-state index in [-0.39, 0.29) is 19.1 Å². The van der Waals surface area contributed by atoms with E-state index in [1.54, 1.807) is 6.20 Å². The maximum atomic E-state index is 12.5.